The highest BCUT2D eigenvalue weighted by atomic mass is 127. The first kappa shape index (κ1) is 26.3. The molecule has 0 unspecified atom stereocenters. The maximum atomic E-state index is 11.7. The first-order valence-electron chi connectivity index (χ1n) is 8.51. The summed E-state index contributed by atoms with van der Waals surface area (Å²) in [5.41, 5.74) is 1.18. The number of ether oxygens (including phenoxy) is 1. The number of thioether (sulfide) groups is 1. The van der Waals surface area contributed by atoms with Crippen LogP contribution in [0.5, 0.6) is 5.75 Å². The fourth-order valence-electron chi connectivity index (χ4n) is 2.14. The number of benzene rings is 1. The van der Waals surface area contributed by atoms with E-state index in [1.54, 1.807) is 37.9 Å². The molecule has 1 aromatic rings. The van der Waals surface area contributed by atoms with Crippen molar-refractivity contribution in [3.8, 4) is 5.75 Å². The van der Waals surface area contributed by atoms with Crippen LogP contribution in [0.3, 0.4) is 0 Å². The summed E-state index contributed by atoms with van der Waals surface area (Å²) < 4.78 is 6.43. The van der Waals surface area contributed by atoms with Crippen molar-refractivity contribution in [2.45, 2.75) is 12.8 Å². The molecule has 0 aliphatic heterocycles. The van der Waals surface area contributed by atoms with E-state index in [-0.39, 0.29) is 36.4 Å². The molecule has 0 fully saturated rings. The summed E-state index contributed by atoms with van der Waals surface area (Å²) in [6, 6.07) is 6.08. The summed E-state index contributed by atoms with van der Waals surface area (Å²) >= 11 is 5.22. The van der Waals surface area contributed by atoms with Crippen molar-refractivity contribution in [2.75, 3.05) is 52.8 Å². The molecular weight excluding hydrogens is 543 g/mol. The van der Waals surface area contributed by atoms with Gasteiger partial charge >= 0.3 is 0 Å². The van der Waals surface area contributed by atoms with Crippen LogP contribution < -0.4 is 15.4 Å². The van der Waals surface area contributed by atoms with Crippen LogP contribution in [0.2, 0.25) is 0 Å². The fraction of sp³-hybridized carbons (Fsp3) is 0.556. The Labute approximate surface area is 192 Å². The van der Waals surface area contributed by atoms with Crippen molar-refractivity contribution in [1.29, 1.82) is 0 Å². The van der Waals surface area contributed by atoms with Crippen LogP contribution in [0.15, 0.2) is 27.7 Å². The SMILES string of the molecule is COc1cc(Br)ccc1CCCNC(=NCC(=O)N(C)C)NCCSC.I. The number of likely N-dealkylation sites (N-methyl/N-ethyl adjacent to an activating group) is 1. The number of rotatable bonds is 10. The van der Waals surface area contributed by atoms with Gasteiger partial charge in [0.05, 0.1) is 7.11 Å². The molecular formula is C18H30BrIN4O2S. The average molecular weight is 573 g/mol. The Morgan fingerprint density at radius 2 is 2.00 bits per heavy atom. The van der Waals surface area contributed by atoms with Crippen LogP contribution in [0.25, 0.3) is 0 Å². The Kier molecular flexibility index (Phi) is 14.9. The van der Waals surface area contributed by atoms with Gasteiger partial charge in [-0.25, -0.2) is 4.99 Å². The largest absolute Gasteiger partial charge is 0.496 e. The van der Waals surface area contributed by atoms with Crippen LogP contribution >= 0.6 is 51.7 Å². The van der Waals surface area contributed by atoms with Crippen LogP contribution in [0.4, 0.5) is 0 Å². The minimum Gasteiger partial charge on any atom is -0.496 e. The molecule has 0 aliphatic carbocycles. The van der Waals surface area contributed by atoms with Crippen LogP contribution in [0.1, 0.15) is 12.0 Å². The number of nitrogens with one attached hydrogen (secondary N) is 2. The lowest BCUT2D eigenvalue weighted by Gasteiger charge is -2.14. The number of halogens is 2. The van der Waals surface area contributed by atoms with Gasteiger partial charge in [0, 0.05) is 37.4 Å². The highest BCUT2D eigenvalue weighted by molar-refractivity contribution is 14.0. The number of carbonyl (C=O) groups is 1. The molecule has 0 radical (unpaired) electrons. The van der Waals surface area contributed by atoms with Crippen molar-refractivity contribution in [2.24, 2.45) is 4.99 Å². The van der Waals surface area contributed by atoms with E-state index in [1.807, 2.05) is 12.1 Å². The van der Waals surface area contributed by atoms with Crippen molar-refractivity contribution < 1.29 is 9.53 Å². The lowest BCUT2D eigenvalue weighted by Crippen LogP contribution is -2.40. The van der Waals surface area contributed by atoms with Crippen molar-refractivity contribution in [3.63, 3.8) is 0 Å². The van der Waals surface area contributed by atoms with Gasteiger partial charge in [0.15, 0.2) is 5.96 Å². The number of methoxy groups -OCH3 is 1. The first-order chi connectivity index (χ1) is 12.5. The van der Waals surface area contributed by atoms with E-state index in [0.29, 0.717) is 5.96 Å². The van der Waals surface area contributed by atoms with E-state index in [2.05, 4.69) is 43.9 Å². The lowest BCUT2D eigenvalue weighted by molar-refractivity contribution is -0.127. The molecule has 2 N–H and O–H groups in total. The zero-order valence-corrected chi connectivity index (χ0v) is 21.1. The Hall–Kier alpha value is -0.680. The van der Waals surface area contributed by atoms with Gasteiger partial charge in [-0.3, -0.25) is 4.79 Å². The zero-order valence-electron chi connectivity index (χ0n) is 16.4. The molecule has 6 nitrogen and oxygen atoms in total. The molecule has 0 saturated heterocycles. The molecule has 0 bridgehead atoms. The Balaban J connectivity index is 0.00000676. The molecule has 0 heterocycles. The summed E-state index contributed by atoms with van der Waals surface area (Å²) in [5.74, 6) is 2.54. The Morgan fingerprint density at radius 1 is 1.30 bits per heavy atom. The third kappa shape index (κ3) is 11.0. The molecule has 27 heavy (non-hydrogen) atoms. The third-order valence-corrected chi connectivity index (χ3v) is 4.74. The van der Waals surface area contributed by atoms with Crippen molar-refractivity contribution >= 4 is 63.5 Å². The van der Waals surface area contributed by atoms with E-state index in [9.17, 15) is 4.79 Å². The van der Waals surface area contributed by atoms with E-state index in [0.717, 1.165) is 41.9 Å². The minimum atomic E-state index is -0.0180. The standard InChI is InChI=1S/C18H29BrN4O2S.HI/c1-23(2)17(24)13-22-18(21-10-11-26-4)20-9-5-6-14-7-8-15(19)12-16(14)25-3;/h7-8,12H,5-6,9-11,13H2,1-4H3,(H2,20,21,22);1H. The topological polar surface area (TPSA) is 66.0 Å². The van der Waals surface area contributed by atoms with Crippen LogP contribution in [0, 0.1) is 0 Å². The third-order valence-electron chi connectivity index (χ3n) is 3.63. The van der Waals surface area contributed by atoms with Crippen molar-refractivity contribution in [1.82, 2.24) is 15.5 Å². The lowest BCUT2D eigenvalue weighted by atomic mass is 10.1. The zero-order chi connectivity index (χ0) is 19.4. The molecule has 0 atom stereocenters. The molecule has 1 aromatic carbocycles. The molecule has 0 aromatic heterocycles. The van der Waals surface area contributed by atoms with E-state index in [1.165, 1.54) is 5.56 Å². The molecule has 9 heteroatoms. The number of aryl methyl sites for hydroxylation is 1. The Bertz CT molecular complexity index is 603. The monoisotopic (exact) mass is 572 g/mol. The molecule has 1 amide bonds. The molecule has 1 rings (SSSR count). The van der Waals surface area contributed by atoms with Gasteiger partial charge in [-0.15, -0.1) is 24.0 Å². The van der Waals surface area contributed by atoms with Gasteiger partial charge < -0.3 is 20.3 Å². The molecule has 0 aliphatic rings. The van der Waals surface area contributed by atoms with Crippen LogP contribution in [-0.2, 0) is 11.2 Å². The van der Waals surface area contributed by atoms with E-state index < -0.39 is 0 Å². The minimum absolute atomic E-state index is 0. The maximum absolute atomic E-state index is 11.7. The van der Waals surface area contributed by atoms with E-state index >= 15 is 0 Å². The van der Waals surface area contributed by atoms with E-state index in [4.69, 9.17) is 4.74 Å². The number of guanidine groups is 1. The van der Waals surface area contributed by atoms with Gasteiger partial charge in [-0.1, -0.05) is 22.0 Å². The summed E-state index contributed by atoms with van der Waals surface area (Å²) in [7, 11) is 5.15. The second-order valence-electron chi connectivity index (χ2n) is 5.86. The van der Waals surface area contributed by atoms with Gasteiger partial charge in [0.1, 0.15) is 12.3 Å². The quantitative estimate of drug-likeness (QED) is 0.195. The van der Waals surface area contributed by atoms with Crippen molar-refractivity contribution in [3.05, 3.63) is 28.2 Å². The van der Waals surface area contributed by atoms with Gasteiger partial charge in [0.25, 0.3) is 0 Å². The van der Waals surface area contributed by atoms with Gasteiger partial charge in [0.2, 0.25) is 5.91 Å². The second kappa shape index (κ2) is 15.3. The Morgan fingerprint density at radius 3 is 2.63 bits per heavy atom. The summed E-state index contributed by atoms with van der Waals surface area (Å²) in [6.07, 6.45) is 3.90. The highest BCUT2D eigenvalue weighted by Gasteiger charge is 2.06. The normalized spacial score (nSPS) is 10.8. The average Bonchev–Trinajstić information content (AvgIpc) is 2.63. The molecule has 0 saturated carbocycles. The first-order valence-corrected chi connectivity index (χ1v) is 10.7. The maximum Gasteiger partial charge on any atom is 0.243 e. The number of hydrogen-bond donors (Lipinski definition) is 2. The number of nitrogens with zero attached hydrogens (tertiary/aromatic N) is 2. The predicted octanol–water partition coefficient (Wildman–Crippen LogP) is 2.99. The predicted molar refractivity (Wildman–Crippen MR) is 130 cm³/mol. The number of carbonyl (C=O) groups excluding carboxylic acids is 1. The summed E-state index contributed by atoms with van der Waals surface area (Å²) in [5, 5.41) is 6.56. The number of amides is 1. The molecule has 154 valence electrons. The number of hydrogen-bond acceptors (Lipinski definition) is 4. The van der Waals surface area contributed by atoms with Gasteiger partial charge in [-0.2, -0.15) is 11.8 Å². The number of aliphatic imine (C=N–C) groups is 1. The smallest absolute Gasteiger partial charge is 0.243 e. The second-order valence-corrected chi connectivity index (χ2v) is 7.76. The summed E-state index contributed by atoms with van der Waals surface area (Å²) in [4.78, 5) is 17.6. The molecule has 0 spiro atoms. The fourth-order valence-corrected chi connectivity index (χ4v) is 2.79. The van der Waals surface area contributed by atoms with Gasteiger partial charge in [-0.05, 0) is 36.8 Å². The summed E-state index contributed by atoms with van der Waals surface area (Å²) in [6.45, 7) is 1.71. The van der Waals surface area contributed by atoms with Crippen LogP contribution in [-0.4, -0.2) is 69.6 Å². The highest BCUT2D eigenvalue weighted by Crippen LogP contribution is 2.24.